The topological polar surface area (TPSA) is 29.1 Å². The monoisotopic (exact) mass is 159 g/mol. The van der Waals surface area contributed by atoms with Crippen molar-refractivity contribution in [2.24, 2.45) is 0 Å². The Morgan fingerprint density at radius 3 is 2.60 bits per heavy atom. The van der Waals surface area contributed by atoms with Crippen LogP contribution in [0.3, 0.4) is 0 Å². The average Bonchev–Trinajstić information content (AvgIpc) is 1.84. The molecule has 0 aliphatic heterocycles. The summed E-state index contributed by atoms with van der Waals surface area (Å²) in [6, 6.07) is 0. The number of thiol groups is 1. The minimum absolute atomic E-state index is 0.0468. The molecule has 1 aliphatic carbocycles. The molecule has 0 unspecified atom stereocenters. The second-order valence-corrected chi connectivity index (χ2v) is 3.44. The zero-order valence-corrected chi connectivity index (χ0v) is 7.08. The van der Waals surface area contributed by atoms with Crippen molar-refractivity contribution < 1.29 is 4.79 Å². The summed E-state index contributed by atoms with van der Waals surface area (Å²) in [5, 5.41) is 2.93. The first-order chi connectivity index (χ1) is 4.66. The molecule has 1 amide bonds. The van der Waals surface area contributed by atoms with E-state index in [-0.39, 0.29) is 11.4 Å². The summed E-state index contributed by atoms with van der Waals surface area (Å²) < 4.78 is 0. The fraction of sp³-hybridized carbons (Fsp3) is 0.857. The van der Waals surface area contributed by atoms with Crippen LogP contribution in [0.15, 0.2) is 0 Å². The Bertz CT molecular complexity index is 143. The van der Waals surface area contributed by atoms with E-state index >= 15 is 0 Å². The van der Waals surface area contributed by atoms with Crippen LogP contribution in [0.25, 0.3) is 0 Å². The molecular formula is C7H13NOS. The predicted octanol–water partition coefficient (Wildman–Crippen LogP) is 0.975. The summed E-state index contributed by atoms with van der Waals surface area (Å²) in [6.45, 7) is 2.08. The van der Waals surface area contributed by atoms with Gasteiger partial charge in [-0.25, -0.2) is 0 Å². The molecule has 1 fully saturated rings. The minimum Gasteiger partial charge on any atom is -0.350 e. The number of hydrogen-bond acceptors (Lipinski definition) is 2. The summed E-state index contributed by atoms with van der Waals surface area (Å²) >= 11 is 3.88. The van der Waals surface area contributed by atoms with Crippen molar-refractivity contribution in [2.45, 2.75) is 31.7 Å². The molecule has 0 aromatic heterocycles. The van der Waals surface area contributed by atoms with Gasteiger partial charge in [0.15, 0.2) is 0 Å². The second-order valence-electron chi connectivity index (χ2n) is 3.12. The van der Waals surface area contributed by atoms with Crippen LogP contribution >= 0.6 is 12.6 Å². The Morgan fingerprint density at radius 2 is 2.30 bits per heavy atom. The van der Waals surface area contributed by atoms with Crippen LogP contribution in [-0.2, 0) is 4.79 Å². The van der Waals surface area contributed by atoms with Crippen LogP contribution in [0.4, 0.5) is 0 Å². The summed E-state index contributed by atoms with van der Waals surface area (Å²) in [6.07, 6.45) is 3.47. The highest BCUT2D eigenvalue weighted by Gasteiger charge is 2.32. The molecule has 0 saturated heterocycles. The standard InChI is InChI=1S/C7H13NOS/c1-7(3-2-4-7)8-6(9)5-10/h10H,2-5H2,1H3,(H,8,9). The molecule has 1 saturated carbocycles. The summed E-state index contributed by atoms with van der Waals surface area (Å²) in [7, 11) is 0. The lowest BCUT2D eigenvalue weighted by Gasteiger charge is -2.38. The molecule has 0 spiro atoms. The normalized spacial score (nSPS) is 21.4. The smallest absolute Gasteiger partial charge is 0.230 e. The Balaban J connectivity index is 2.29. The summed E-state index contributed by atoms with van der Waals surface area (Å²) in [5.41, 5.74) is 0.0970. The van der Waals surface area contributed by atoms with Crippen molar-refractivity contribution in [2.75, 3.05) is 5.75 Å². The molecule has 0 heterocycles. The highest BCUT2D eigenvalue weighted by atomic mass is 32.1. The number of rotatable bonds is 2. The lowest BCUT2D eigenvalue weighted by atomic mass is 9.78. The van der Waals surface area contributed by atoms with Crippen molar-refractivity contribution in [1.29, 1.82) is 0 Å². The van der Waals surface area contributed by atoms with Crippen LogP contribution in [0.1, 0.15) is 26.2 Å². The third kappa shape index (κ3) is 1.66. The zero-order chi connectivity index (χ0) is 7.61. The molecular weight excluding hydrogens is 146 g/mol. The molecule has 1 rings (SSSR count). The Morgan fingerprint density at radius 1 is 1.70 bits per heavy atom. The number of carbonyl (C=O) groups excluding carboxylic acids is 1. The van der Waals surface area contributed by atoms with Gasteiger partial charge in [0.25, 0.3) is 0 Å². The molecule has 0 atom stereocenters. The van der Waals surface area contributed by atoms with Crippen molar-refractivity contribution in [1.82, 2.24) is 5.32 Å². The quantitative estimate of drug-likeness (QED) is 0.578. The van der Waals surface area contributed by atoms with E-state index in [2.05, 4.69) is 24.9 Å². The number of carbonyl (C=O) groups is 1. The van der Waals surface area contributed by atoms with E-state index in [1.54, 1.807) is 0 Å². The molecule has 0 bridgehead atoms. The maximum Gasteiger partial charge on any atom is 0.230 e. The number of hydrogen-bond donors (Lipinski definition) is 2. The first kappa shape index (κ1) is 7.92. The fourth-order valence-corrected chi connectivity index (χ4v) is 1.29. The number of amides is 1. The molecule has 0 aromatic carbocycles. The van der Waals surface area contributed by atoms with Gasteiger partial charge >= 0.3 is 0 Å². The van der Waals surface area contributed by atoms with Crippen molar-refractivity contribution in [3.05, 3.63) is 0 Å². The number of nitrogens with one attached hydrogen (secondary N) is 1. The van der Waals surface area contributed by atoms with E-state index in [4.69, 9.17) is 0 Å². The molecule has 10 heavy (non-hydrogen) atoms. The van der Waals surface area contributed by atoms with Gasteiger partial charge in [0.2, 0.25) is 5.91 Å². The van der Waals surface area contributed by atoms with E-state index in [0.717, 1.165) is 12.8 Å². The van der Waals surface area contributed by atoms with Crippen LogP contribution in [0.2, 0.25) is 0 Å². The molecule has 58 valence electrons. The van der Waals surface area contributed by atoms with Gasteiger partial charge in [0.1, 0.15) is 0 Å². The van der Waals surface area contributed by atoms with Gasteiger partial charge in [-0.1, -0.05) is 0 Å². The predicted molar refractivity (Wildman–Crippen MR) is 44.3 cm³/mol. The highest BCUT2D eigenvalue weighted by Crippen LogP contribution is 2.30. The molecule has 0 aromatic rings. The van der Waals surface area contributed by atoms with Crippen LogP contribution in [-0.4, -0.2) is 17.2 Å². The van der Waals surface area contributed by atoms with Gasteiger partial charge in [-0.05, 0) is 26.2 Å². The Kier molecular flexibility index (Phi) is 2.24. The first-order valence-electron chi connectivity index (χ1n) is 3.58. The van der Waals surface area contributed by atoms with E-state index in [0.29, 0.717) is 5.75 Å². The van der Waals surface area contributed by atoms with Gasteiger partial charge in [0.05, 0.1) is 5.75 Å². The summed E-state index contributed by atoms with van der Waals surface area (Å²) in [5.74, 6) is 0.348. The summed E-state index contributed by atoms with van der Waals surface area (Å²) in [4.78, 5) is 10.8. The van der Waals surface area contributed by atoms with Crippen molar-refractivity contribution in [3.8, 4) is 0 Å². The van der Waals surface area contributed by atoms with E-state index in [9.17, 15) is 4.79 Å². The minimum atomic E-state index is 0.0468. The van der Waals surface area contributed by atoms with E-state index in [1.807, 2.05) is 0 Å². The Hall–Kier alpha value is -0.180. The molecule has 1 aliphatic rings. The van der Waals surface area contributed by atoms with E-state index in [1.165, 1.54) is 6.42 Å². The van der Waals surface area contributed by atoms with Gasteiger partial charge < -0.3 is 5.32 Å². The lowest BCUT2D eigenvalue weighted by molar-refractivity contribution is -0.121. The SMILES string of the molecule is CC1(NC(=O)CS)CCC1. The van der Waals surface area contributed by atoms with E-state index < -0.39 is 0 Å². The van der Waals surface area contributed by atoms with Crippen LogP contribution in [0, 0.1) is 0 Å². The van der Waals surface area contributed by atoms with Crippen LogP contribution < -0.4 is 5.32 Å². The van der Waals surface area contributed by atoms with Gasteiger partial charge in [-0.3, -0.25) is 4.79 Å². The van der Waals surface area contributed by atoms with Crippen LogP contribution in [0.5, 0.6) is 0 Å². The third-order valence-corrected chi connectivity index (χ3v) is 2.33. The Labute approximate surface area is 66.8 Å². The zero-order valence-electron chi connectivity index (χ0n) is 6.18. The van der Waals surface area contributed by atoms with Gasteiger partial charge in [0, 0.05) is 5.54 Å². The fourth-order valence-electron chi connectivity index (χ4n) is 1.21. The van der Waals surface area contributed by atoms with Gasteiger partial charge in [-0.15, -0.1) is 0 Å². The highest BCUT2D eigenvalue weighted by molar-refractivity contribution is 7.81. The molecule has 0 radical (unpaired) electrons. The maximum absolute atomic E-state index is 10.8. The first-order valence-corrected chi connectivity index (χ1v) is 4.21. The average molecular weight is 159 g/mol. The molecule has 2 nitrogen and oxygen atoms in total. The molecule has 3 heteroatoms. The largest absolute Gasteiger partial charge is 0.350 e. The van der Waals surface area contributed by atoms with Crippen molar-refractivity contribution in [3.63, 3.8) is 0 Å². The maximum atomic E-state index is 10.8. The van der Waals surface area contributed by atoms with Crippen molar-refractivity contribution >= 4 is 18.5 Å². The molecule has 1 N–H and O–H groups in total. The third-order valence-electron chi connectivity index (χ3n) is 2.04. The second kappa shape index (κ2) is 2.82. The van der Waals surface area contributed by atoms with Gasteiger partial charge in [-0.2, -0.15) is 12.6 Å². The lowest BCUT2D eigenvalue weighted by Crippen LogP contribution is -2.51.